The van der Waals surface area contributed by atoms with E-state index in [4.69, 9.17) is 16.3 Å². The molecular formula is C20H16O3. The van der Waals surface area contributed by atoms with E-state index in [1.807, 2.05) is 48.5 Å². The molecule has 0 radical (unpaired) electrons. The molecule has 2 aromatic rings. The normalized spacial score (nSPS) is 9.35. The Morgan fingerprint density at radius 2 is 1.83 bits per heavy atom. The molecule has 23 heavy (non-hydrogen) atoms. The molecular weight excluding hydrogens is 288 g/mol. The second kappa shape index (κ2) is 8.32. The molecule has 3 heteroatoms. The molecule has 2 rings (SSSR count). The lowest BCUT2D eigenvalue weighted by atomic mass is 10.1. The van der Waals surface area contributed by atoms with E-state index in [-0.39, 0.29) is 13.0 Å². The number of benzene rings is 2. The highest BCUT2D eigenvalue weighted by Gasteiger charge is 1.99. The van der Waals surface area contributed by atoms with Crippen LogP contribution in [-0.4, -0.2) is 17.7 Å². The van der Waals surface area contributed by atoms with E-state index < -0.39 is 5.97 Å². The van der Waals surface area contributed by atoms with Gasteiger partial charge in [-0.05, 0) is 42.3 Å². The second-order valence-electron chi connectivity index (χ2n) is 4.86. The highest BCUT2D eigenvalue weighted by Crippen LogP contribution is 2.12. The number of aryl methyl sites for hydroxylation is 1. The van der Waals surface area contributed by atoms with Crippen LogP contribution in [0.5, 0.6) is 5.75 Å². The van der Waals surface area contributed by atoms with Gasteiger partial charge in [0.1, 0.15) is 12.4 Å². The SMILES string of the molecule is C#CCOc1cccc(C#Cc2ccc(CCC(=O)O)cc2)c1. The third-order valence-electron chi connectivity index (χ3n) is 3.09. The van der Waals surface area contributed by atoms with Crippen molar-refractivity contribution in [1.29, 1.82) is 0 Å². The Labute approximate surface area is 135 Å². The molecule has 2 aromatic carbocycles. The molecule has 0 amide bonds. The molecule has 0 saturated carbocycles. The zero-order valence-corrected chi connectivity index (χ0v) is 12.6. The zero-order chi connectivity index (χ0) is 16.5. The molecule has 0 aliphatic heterocycles. The number of carboxylic acids is 1. The van der Waals surface area contributed by atoms with Crippen molar-refractivity contribution < 1.29 is 14.6 Å². The molecule has 0 spiro atoms. The highest BCUT2D eigenvalue weighted by molar-refractivity contribution is 5.67. The van der Waals surface area contributed by atoms with Gasteiger partial charge in [-0.15, -0.1) is 6.42 Å². The second-order valence-corrected chi connectivity index (χ2v) is 4.86. The number of hydrogen-bond acceptors (Lipinski definition) is 2. The molecule has 0 aliphatic rings. The van der Waals surface area contributed by atoms with Crippen molar-refractivity contribution in [2.75, 3.05) is 6.61 Å². The van der Waals surface area contributed by atoms with Gasteiger partial charge in [0.05, 0.1) is 0 Å². The van der Waals surface area contributed by atoms with Gasteiger partial charge in [0, 0.05) is 17.5 Å². The van der Waals surface area contributed by atoms with Gasteiger partial charge in [0.2, 0.25) is 0 Å². The zero-order valence-electron chi connectivity index (χ0n) is 12.6. The summed E-state index contributed by atoms with van der Waals surface area (Å²) in [5.41, 5.74) is 2.70. The van der Waals surface area contributed by atoms with E-state index in [1.54, 1.807) is 0 Å². The quantitative estimate of drug-likeness (QED) is 0.863. The summed E-state index contributed by atoms with van der Waals surface area (Å²) in [6.45, 7) is 0.231. The Balaban J connectivity index is 2.04. The number of hydrogen-bond donors (Lipinski definition) is 1. The maximum Gasteiger partial charge on any atom is 0.303 e. The Bertz CT molecular complexity index is 771. The maximum absolute atomic E-state index is 10.5. The fraction of sp³-hybridized carbons (Fsp3) is 0.150. The summed E-state index contributed by atoms with van der Waals surface area (Å²) in [5, 5.41) is 8.67. The van der Waals surface area contributed by atoms with Crippen LogP contribution >= 0.6 is 0 Å². The number of carbonyl (C=O) groups is 1. The van der Waals surface area contributed by atoms with Crippen molar-refractivity contribution in [3.05, 3.63) is 65.2 Å². The number of rotatable bonds is 5. The summed E-state index contributed by atoms with van der Waals surface area (Å²) in [6.07, 6.45) is 5.82. The maximum atomic E-state index is 10.5. The van der Waals surface area contributed by atoms with Crippen LogP contribution in [0, 0.1) is 24.2 Å². The van der Waals surface area contributed by atoms with Gasteiger partial charge in [-0.25, -0.2) is 0 Å². The van der Waals surface area contributed by atoms with Crippen molar-refractivity contribution in [3.8, 4) is 29.9 Å². The first-order valence-electron chi connectivity index (χ1n) is 7.16. The topological polar surface area (TPSA) is 46.5 Å². The van der Waals surface area contributed by atoms with E-state index in [0.29, 0.717) is 12.2 Å². The smallest absolute Gasteiger partial charge is 0.303 e. The fourth-order valence-electron chi connectivity index (χ4n) is 1.94. The van der Waals surface area contributed by atoms with Gasteiger partial charge >= 0.3 is 5.97 Å². The van der Waals surface area contributed by atoms with Gasteiger partial charge in [-0.1, -0.05) is 36.0 Å². The number of ether oxygens (including phenoxy) is 1. The lowest BCUT2D eigenvalue weighted by Crippen LogP contribution is -1.97. The van der Waals surface area contributed by atoms with Crippen LogP contribution in [0.3, 0.4) is 0 Å². The van der Waals surface area contributed by atoms with E-state index in [9.17, 15) is 4.79 Å². The summed E-state index contributed by atoms with van der Waals surface area (Å²) < 4.78 is 5.36. The standard InChI is InChI=1S/C20H16O3/c1-2-14-23-19-5-3-4-18(15-19)11-10-16-6-8-17(9-7-16)12-13-20(21)22/h1,3-9,15H,12-14H2,(H,21,22). The molecule has 0 saturated heterocycles. The lowest BCUT2D eigenvalue weighted by Gasteiger charge is -2.01. The number of terminal acetylenes is 1. The highest BCUT2D eigenvalue weighted by atomic mass is 16.5. The first kappa shape index (κ1) is 16.2. The first-order valence-corrected chi connectivity index (χ1v) is 7.16. The predicted octanol–water partition coefficient (Wildman–Crippen LogP) is 3.12. The first-order chi connectivity index (χ1) is 11.2. The molecule has 0 atom stereocenters. The van der Waals surface area contributed by atoms with E-state index >= 15 is 0 Å². The van der Waals surface area contributed by atoms with Crippen molar-refractivity contribution in [2.24, 2.45) is 0 Å². The molecule has 0 bridgehead atoms. The fourth-order valence-corrected chi connectivity index (χ4v) is 1.94. The van der Waals surface area contributed by atoms with Crippen LogP contribution in [-0.2, 0) is 11.2 Å². The van der Waals surface area contributed by atoms with Crippen molar-refractivity contribution >= 4 is 5.97 Å². The molecule has 114 valence electrons. The summed E-state index contributed by atoms with van der Waals surface area (Å²) in [5.74, 6) is 8.47. The Morgan fingerprint density at radius 3 is 2.52 bits per heavy atom. The van der Waals surface area contributed by atoms with E-state index in [0.717, 1.165) is 16.7 Å². The van der Waals surface area contributed by atoms with Crippen LogP contribution in [0.4, 0.5) is 0 Å². The largest absolute Gasteiger partial charge is 0.481 e. The van der Waals surface area contributed by atoms with Gasteiger partial charge < -0.3 is 9.84 Å². The van der Waals surface area contributed by atoms with Gasteiger partial charge in [-0.2, -0.15) is 0 Å². The Hall–Kier alpha value is -3.17. The van der Waals surface area contributed by atoms with Crippen LogP contribution in [0.2, 0.25) is 0 Å². The van der Waals surface area contributed by atoms with Gasteiger partial charge in [-0.3, -0.25) is 4.79 Å². The van der Waals surface area contributed by atoms with Crippen LogP contribution in [0.25, 0.3) is 0 Å². The van der Waals surface area contributed by atoms with Crippen LogP contribution in [0.1, 0.15) is 23.1 Å². The van der Waals surface area contributed by atoms with Gasteiger partial charge in [0.25, 0.3) is 0 Å². The molecule has 1 N–H and O–H groups in total. The summed E-state index contributed by atoms with van der Waals surface area (Å²) >= 11 is 0. The minimum absolute atomic E-state index is 0.134. The minimum Gasteiger partial charge on any atom is -0.481 e. The summed E-state index contributed by atoms with van der Waals surface area (Å²) in [6, 6.07) is 15.0. The minimum atomic E-state index is -0.791. The van der Waals surface area contributed by atoms with E-state index in [2.05, 4.69) is 17.8 Å². The molecule has 0 heterocycles. The molecule has 0 aromatic heterocycles. The van der Waals surface area contributed by atoms with Crippen molar-refractivity contribution in [2.45, 2.75) is 12.8 Å². The third-order valence-corrected chi connectivity index (χ3v) is 3.09. The predicted molar refractivity (Wildman–Crippen MR) is 89.1 cm³/mol. The van der Waals surface area contributed by atoms with Crippen molar-refractivity contribution in [1.82, 2.24) is 0 Å². The number of aliphatic carboxylic acids is 1. The van der Waals surface area contributed by atoms with Crippen LogP contribution < -0.4 is 4.74 Å². The monoisotopic (exact) mass is 304 g/mol. The average Bonchev–Trinajstić information content (AvgIpc) is 2.57. The Kier molecular flexibility index (Phi) is 5.86. The third kappa shape index (κ3) is 5.61. The molecule has 3 nitrogen and oxygen atoms in total. The summed E-state index contributed by atoms with van der Waals surface area (Å²) in [4.78, 5) is 10.5. The average molecular weight is 304 g/mol. The Morgan fingerprint density at radius 1 is 1.09 bits per heavy atom. The summed E-state index contributed by atoms with van der Waals surface area (Å²) in [7, 11) is 0. The molecule has 0 aliphatic carbocycles. The lowest BCUT2D eigenvalue weighted by molar-refractivity contribution is -0.136. The molecule has 0 unspecified atom stereocenters. The molecule has 0 fully saturated rings. The number of carboxylic acid groups (broad SMARTS) is 1. The van der Waals surface area contributed by atoms with Crippen LogP contribution in [0.15, 0.2) is 48.5 Å². The van der Waals surface area contributed by atoms with Crippen molar-refractivity contribution in [3.63, 3.8) is 0 Å². The van der Waals surface area contributed by atoms with Gasteiger partial charge in [0.15, 0.2) is 0 Å². The van der Waals surface area contributed by atoms with E-state index in [1.165, 1.54) is 0 Å².